The van der Waals surface area contributed by atoms with Crippen molar-refractivity contribution < 1.29 is 9.90 Å². The highest BCUT2D eigenvalue weighted by molar-refractivity contribution is 5.90. The Labute approximate surface area is 107 Å². The Balaban J connectivity index is 1.87. The van der Waals surface area contributed by atoms with Crippen LogP contribution in [0.2, 0.25) is 0 Å². The molecule has 4 nitrogen and oxygen atoms in total. The van der Waals surface area contributed by atoms with E-state index in [4.69, 9.17) is 10.8 Å². The Morgan fingerprint density at radius 1 is 1.39 bits per heavy atom. The number of benzene rings is 1. The van der Waals surface area contributed by atoms with Crippen LogP contribution in [0.5, 0.6) is 0 Å². The van der Waals surface area contributed by atoms with Crippen LogP contribution >= 0.6 is 0 Å². The summed E-state index contributed by atoms with van der Waals surface area (Å²) < 4.78 is 0. The number of nitrogens with one attached hydrogen (secondary N) is 1. The predicted molar refractivity (Wildman–Crippen MR) is 72.9 cm³/mol. The molecular weight excluding hydrogens is 228 g/mol. The van der Waals surface area contributed by atoms with E-state index in [-0.39, 0.29) is 5.56 Å². The molecule has 0 aliphatic heterocycles. The number of carbonyl (C=O) groups is 1. The summed E-state index contributed by atoms with van der Waals surface area (Å²) >= 11 is 0. The van der Waals surface area contributed by atoms with Crippen LogP contribution in [0, 0.1) is 5.92 Å². The highest BCUT2D eigenvalue weighted by atomic mass is 16.4. The minimum Gasteiger partial charge on any atom is -0.478 e. The molecule has 1 aliphatic carbocycles. The zero-order valence-electron chi connectivity index (χ0n) is 10.5. The van der Waals surface area contributed by atoms with Gasteiger partial charge in [-0.05, 0) is 30.5 Å². The van der Waals surface area contributed by atoms with E-state index in [0.717, 1.165) is 18.2 Å². The third-order valence-corrected chi connectivity index (χ3v) is 3.64. The highest BCUT2D eigenvalue weighted by Gasteiger charge is 2.14. The lowest BCUT2D eigenvalue weighted by molar-refractivity contribution is 0.0697. The van der Waals surface area contributed by atoms with Crippen molar-refractivity contribution in [3.05, 3.63) is 23.8 Å². The number of nitrogen functional groups attached to an aromatic ring is 1. The maximum Gasteiger partial charge on any atom is 0.335 e. The van der Waals surface area contributed by atoms with Crippen LogP contribution in [0.4, 0.5) is 11.4 Å². The molecular formula is C14H20N2O2. The van der Waals surface area contributed by atoms with Crippen molar-refractivity contribution in [1.82, 2.24) is 0 Å². The zero-order chi connectivity index (χ0) is 13.0. The largest absolute Gasteiger partial charge is 0.478 e. The van der Waals surface area contributed by atoms with Gasteiger partial charge in [-0.3, -0.25) is 0 Å². The van der Waals surface area contributed by atoms with Crippen molar-refractivity contribution >= 4 is 17.3 Å². The first kappa shape index (κ1) is 12.7. The van der Waals surface area contributed by atoms with Crippen LogP contribution in [0.3, 0.4) is 0 Å². The fourth-order valence-corrected chi connectivity index (χ4v) is 2.57. The molecule has 2 rings (SSSR count). The van der Waals surface area contributed by atoms with E-state index in [2.05, 4.69) is 5.32 Å². The summed E-state index contributed by atoms with van der Waals surface area (Å²) in [5.74, 6) is -0.101. The smallest absolute Gasteiger partial charge is 0.335 e. The number of hydrogen-bond acceptors (Lipinski definition) is 3. The maximum atomic E-state index is 10.8. The van der Waals surface area contributed by atoms with Gasteiger partial charge in [-0.2, -0.15) is 0 Å². The van der Waals surface area contributed by atoms with Gasteiger partial charge in [0.25, 0.3) is 0 Å². The first-order valence-corrected chi connectivity index (χ1v) is 6.53. The molecule has 1 aromatic rings. The summed E-state index contributed by atoms with van der Waals surface area (Å²) in [6.45, 7) is 0.904. The summed E-state index contributed by atoms with van der Waals surface area (Å²) in [6.07, 6.45) is 6.57. The van der Waals surface area contributed by atoms with Gasteiger partial charge in [0.15, 0.2) is 0 Å². The molecule has 0 bridgehead atoms. The van der Waals surface area contributed by atoms with E-state index in [9.17, 15) is 4.79 Å². The van der Waals surface area contributed by atoms with Gasteiger partial charge in [0.2, 0.25) is 0 Å². The van der Waals surface area contributed by atoms with E-state index < -0.39 is 5.97 Å². The standard InChI is InChI=1S/C14H20N2O2/c15-12-9-11(14(17)18)5-6-13(12)16-8-7-10-3-1-2-4-10/h5-6,9-10,16H,1-4,7-8,15H2,(H,17,18). The van der Waals surface area contributed by atoms with Crippen LogP contribution in [0.1, 0.15) is 42.5 Å². The van der Waals surface area contributed by atoms with E-state index in [1.807, 2.05) is 0 Å². The molecule has 0 radical (unpaired) electrons. The van der Waals surface area contributed by atoms with Crippen LogP contribution < -0.4 is 11.1 Å². The molecule has 0 unspecified atom stereocenters. The Morgan fingerprint density at radius 2 is 2.11 bits per heavy atom. The van der Waals surface area contributed by atoms with Gasteiger partial charge in [0.1, 0.15) is 0 Å². The number of nitrogens with two attached hydrogens (primary N) is 1. The molecule has 0 amide bonds. The second kappa shape index (κ2) is 5.76. The maximum absolute atomic E-state index is 10.8. The molecule has 1 fully saturated rings. The van der Waals surface area contributed by atoms with Crippen molar-refractivity contribution in [2.75, 3.05) is 17.6 Å². The molecule has 0 aromatic heterocycles. The average molecular weight is 248 g/mol. The van der Waals surface area contributed by atoms with E-state index in [1.54, 1.807) is 12.1 Å². The molecule has 1 aromatic carbocycles. The quantitative estimate of drug-likeness (QED) is 0.700. The lowest BCUT2D eigenvalue weighted by Gasteiger charge is -2.12. The van der Waals surface area contributed by atoms with E-state index in [0.29, 0.717) is 5.69 Å². The average Bonchev–Trinajstić information content (AvgIpc) is 2.84. The lowest BCUT2D eigenvalue weighted by Crippen LogP contribution is -2.09. The predicted octanol–water partition coefficient (Wildman–Crippen LogP) is 2.96. The molecule has 0 atom stereocenters. The van der Waals surface area contributed by atoms with Gasteiger partial charge in [0.05, 0.1) is 16.9 Å². The van der Waals surface area contributed by atoms with Crippen molar-refractivity contribution in [3.8, 4) is 0 Å². The fraction of sp³-hybridized carbons (Fsp3) is 0.500. The summed E-state index contributed by atoms with van der Waals surface area (Å²) in [5.41, 5.74) is 7.39. The van der Waals surface area contributed by atoms with Gasteiger partial charge in [0, 0.05) is 6.54 Å². The molecule has 1 saturated carbocycles. The number of aromatic carboxylic acids is 1. The Hall–Kier alpha value is -1.71. The zero-order valence-corrected chi connectivity index (χ0v) is 10.5. The summed E-state index contributed by atoms with van der Waals surface area (Å²) in [5, 5.41) is 12.1. The Bertz CT molecular complexity index is 426. The summed E-state index contributed by atoms with van der Waals surface area (Å²) in [6, 6.07) is 4.82. The Kier molecular flexibility index (Phi) is 4.07. The normalized spacial score (nSPS) is 15.8. The second-order valence-corrected chi connectivity index (χ2v) is 4.97. The molecule has 18 heavy (non-hydrogen) atoms. The highest BCUT2D eigenvalue weighted by Crippen LogP contribution is 2.28. The van der Waals surface area contributed by atoms with Gasteiger partial charge in [-0.25, -0.2) is 4.79 Å². The molecule has 0 spiro atoms. The second-order valence-electron chi connectivity index (χ2n) is 4.97. The minimum atomic E-state index is -0.945. The van der Waals surface area contributed by atoms with Crippen LogP contribution in [-0.2, 0) is 0 Å². The topological polar surface area (TPSA) is 75.4 Å². The third-order valence-electron chi connectivity index (χ3n) is 3.64. The SMILES string of the molecule is Nc1cc(C(=O)O)ccc1NCCC1CCCC1. The van der Waals surface area contributed by atoms with Crippen LogP contribution in [-0.4, -0.2) is 17.6 Å². The number of hydrogen-bond donors (Lipinski definition) is 3. The lowest BCUT2D eigenvalue weighted by atomic mass is 10.0. The van der Waals surface area contributed by atoms with E-state index in [1.165, 1.54) is 38.2 Å². The third kappa shape index (κ3) is 3.15. The van der Waals surface area contributed by atoms with Crippen molar-refractivity contribution in [1.29, 1.82) is 0 Å². The first-order chi connectivity index (χ1) is 8.66. The summed E-state index contributed by atoms with van der Waals surface area (Å²) in [4.78, 5) is 10.8. The van der Waals surface area contributed by atoms with Gasteiger partial charge < -0.3 is 16.2 Å². The monoisotopic (exact) mass is 248 g/mol. The number of anilines is 2. The van der Waals surface area contributed by atoms with Crippen LogP contribution in [0.15, 0.2) is 18.2 Å². The molecule has 0 heterocycles. The minimum absolute atomic E-state index is 0.230. The van der Waals surface area contributed by atoms with Crippen molar-refractivity contribution in [2.24, 2.45) is 5.92 Å². The fourth-order valence-electron chi connectivity index (χ4n) is 2.57. The van der Waals surface area contributed by atoms with Crippen molar-refractivity contribution in [2.45, 2.75) is 32.1 Å². The molecule has 4 heteroatoms. The van der Waals surface area contributed by atoms with E-state index >= 15 is 0 Å². The molecule has 4 N–H and O–H groups in total. The number of carboxylic acids is 1. The molecule has 1 aliphatic rings. The van der Waals surface area contributed by atoms with Gasteiger partial charge in [-0.15, -0.1) is 0 Å². The number of carboxylic acid groups (broad SMARTS) is 1. The first-order valence-electron chi connectivity index (χ1n) is 6.53. The molecule has 0 saturated heterocycles. The van der Waals surface area contributed by atoms with Gasteiger partial charge in [-0.1, -0.05) is 25.7 Å². The molecule has 98 valence electrons. The summed E-state index contributed by atoms with van der Waals surface area (Å²) in [7, 11) is 0. The number of rotatable bonds is 5. The van der Waals surface area contributed by atoms with Gasteiger partial charge >= 0.3 is 5.97 Å². The van der Waals surface area contributed by atoms with Crippen LogP contribution in [0.25, 0.3) is 0 Å². The van der Waals surface area contributed by atoms with Crippen molar-refractivity contribution in [3.63, 3.8) is 0 Å². The Morgan fingerprint density at radius 3 is 2.72 bits per heavy atom.